The van der Waals surface area contributed by atoms with Gasteiger partial charge in [0.05, 0.1) is 0 Å². The van der Waals surface area contributed by atoms with Gasteiger partial charge in [-0.15, -0.1) is 0 Å². The summed E-state index contributed by atoms with van der Waals surface area (Å²) in [5.41, 5.74) is 5.00. The SMILES string of the molecule is CS(=O)CCCNS(=O)(=O)c1c(F)cc(N)cc1F. The van der Waals surface area contributed by atoms with E-state index in [9.17, 15) is 21.4 Å². The highest BCUT2D eigenvalue weighted by molar-refractivity contribution is 7.89. The number of sulfonamides is 1. The highest BCUT2D eigenvalue weighted by Crippen LogP contribution is 2.21. The van der Waals surface area contributed by atoms with Crippen molar-refractivity contribution in [3.63, 3.8) is 0 Å². The second kappa shape index (κ2) is 6.40. The first-order valence-electron chi connectivity index (χ1n) is 5.28. The number of hydrogen-bond acceptors (Lipinski definition) is 4. The maximum atomic E-state index is 13.5. The first-order chi connectivity index (χ1) is 8.74. The van der Waals surface area contributed by atoms with Crippen molar-refractivity contribution < 1.29 is 21.4 Å². The smallest absolute Gasteiger partial charge is 0.246 e. The van der Waals surface area contributed by atoms with Gasteiger partial charge in [0.25, 0.3) is 0 Å². The molecule has 0 aliphatic carbocycles. The van der Waals surface area contributed by atoms with Crippen LogP contribution in [0.25, 0.3) is 0 Å². The summed E-state index contributed by atoms with van der Waals surface area (Å²) in [6.07, 6.45) is 1.79. The summed E-state index contributed by atoms with van der Waals surface area (Å²) < 4.78 is 63.2. The third-order valence-corrected chi connectivity index (χ3v) is 4.57. The molecule has 5 nitrogen and oxygen atoms in total. The van der Waals surface area contributed by atoms with Crippen molar-refractivity contribution in [1.82, 2.24) is 4.72 Å². The second-order valence-electron chi connectivity index (χ2n) is 3.84. The highest BCUT2D eigenvalue weighted by Gasteiger charge is 2.24. The largest absolute Gasteiger partial charge is 0.399 e. The lowest BCUT2D eigenvalue weighted by Crippen LogP contribution is -2.27. The summed E-state index contributed by atoms with van der Waals surface area (Å²) in [7, 11) is -5.34. The molecule has 9 heteroatoms. The first-order valence-corrected chi connectivity index (χ1v) is 8.49. The Kier molecular flexibility index (Phi) is 5.39. The Balaban J connectivity index is 2.86. The van der Waals surface area contributed by atoms with Crippen LogP contribution in [0.15, 0.2) is 17.0 Å². The summed E-state index contributed by atoms with van der Waals surface area (Å²) in [6.45, 7) is -0.0504. The normalized spacial score (nSPS) is 13.4. The molecule has 0 bridgehead atoms. The van der Waals surface area contributed by atoms with Gasteiger partial charge < -0.3 is 5.73 Å². The van der Waals surface area contributed by atoms with Gasteiger partial charge in [0.2, 0.25) is 10.0 Å². The zero-order chi connectivity index (χ0) is 14.6. The first kappa shape index (κ1) is 16.0. The topological polar surface area (TPSA) is 89.3 Å². The fourth-order valence-electron chi connectivity index (χ4n) is 1.39. The third kappa shape index (κ3) is 4.51. The molecule has 0 aliphatic rings. The molecule has 0 radical (unpaired) electrons. The van der Waals surface area contributed by atoms with Gasteiger partial charge in [-0.2, -0.15) is 0 Å². The Bertz CT molecular complexity index is 567. The molecule has 0 fully saturated rings. The molecular weight excluding hydrogens is 298 g/mol. The molecule has 0 amide bonds. The molecule has 0 saturated carbocycles. The third-order valence-electron chi connectivity index (χ3n) is 2.19. The molecule has 0 saturated heterocycles. The number of rotatable bonds is 6. The minimum absolute atomic E-state index is 0.0504. The minimum Gasteiger partial charge on any atom is -0.399 e. The van der Waals surface area contributed by atoms with E-state index in [1.54, 1.807) is 0 Å². The van der Waals surface area contributed by atoms with Gasteiger partial charge in [0.15, 0.2) is 4.90 Å². The zero-order valence-corrected chi connectivity index (χ0v) is 11.8. The molecule has 3 N–H and O–H groups in total. The molecule has 0 spiro atoms. The van der Waals surface area contributed by atoms with Crippen LogP contribution in [0.4, 0.5) is 14.5 Å². The Hall–Kier alpha value is -1.06. The molecule has 0 aromatic heterocycles. The number of nitrogen functional groups attached to an aromatic ring is 1. The van der Waals surface area contributed by atoms with E-state index in [0.29, 0.717) is 12.2 Å². The van der Waals surface area contributed by atoms with E-state index >= 15 is 0 Å². The van der Waals surface area contributed by atoms with Gasteiger partial charge in [-0.05, 0) is 18.6 Å². The van der Waals surface area contributed by atoms with Gasteiger partial charge >= 0.3 is 0 Å². The van der Waals surface area contributed by atoms with Crippen LogP contribution in [0, 0.1) is 11.6 Å². The Morgan fingerprint density at radius 3 is 2.32 bits per heavy atom. The van der Waals surface area contributed by atoms with Gasteiger partial charge in [0.1, 0.15) is 11.6 Å². The number of nitrogens with one attached hydrogen (secondary N) is 1. The Morgan fingerprint density at radius 2 is 1.84 bits per heavy atom. The van der Waals surface area contributed by atoms with Gasteiger partial charge in [-0.1, -0.05) is 0 Å². The van der Waals surface area contributed by atoms with Crippen LogP contribution < -0.4 is 10.5 Å². The average Bonchev–Trinajstić information content (AvgIpc) is 2.22. The van der Waals surface area contributed by atoms with E-state index in [4.69, 9.17) is 5.73 Å². The monoisotopic (exact) mass is 312 g/mol. The van der Waals surface area contributed by atoms with Gasteiger partial charge in [-0.3, -0.25) is 4.21 Å². The molecule has 0 aliphatic heterocycles. The Labute approximate surface area is 112 Å². The maximum Gasteiger partial charge on any atom is 0.246 e. The number of halogens is 2. The van der Waals surface area contributed by atoms with E-state index < -0.39 is 37.4 Å². The summed E-state index contributed by atoms with van der Waals surface area (Å²) in [5.74, 6) is -2.19. The highest BCUT2D eigenvalue weighted by atomic mass is 32.2. The summed E-state index contributed by atoms with van der Waals surface area (Å²) in [5, 5.41) is 0. The van der Waals surface area contributed by atoms with Crippen molar-refractivity contribution in [3.8, 4) is 0 Å². The molecule has 1 aromatic rings. The van der Waals surface area contributed by atoms with Crippen molar-refractivity contribution in [1.29, 1.82) is 0 Å². The minimum atomic E-state index is -4.29. The second-order valence-corrected chi connectivity index (χ2v) is 7.10. The quantitative estimate of drug-likeness (QED) is 0.594. The predicted octanol–water partition coefficient (Wildman–Crippen LogP) is 0.594. The maximum absolute atomic E-state index is 13.5. The molecular formula is C10H14F2N2O3S2. The van der Waals surface area contributed by atoms with Crippen LogP contribution in [-0.2, 0) is 20.8 Å². The molecule has 1 aromatic carbocycles. The van der Waals surface area contributed by atoms with Crippen molar-refractivity contribution in [2.45, 2.75) is 11.3 Å². The fourth-order valence-corrected chi connectivity index (χ4v) is 3.13. The van der Waals surface area contributed by atoms with Crippen molar-refractivity contribution in [2.24, 2.45) is 0 Å². The van der Waals surface area contributed by atoms with Crippen LogP contribution >= 0.6 is 0 Å². The fraction of sp³-hybridized carbons (Fsp3) is 0.400. The van der Waals surface area contributed by atoms with E-state index in [2.05, 4.69) is 0 Å². The lowest BCUT2D eigenvalue weighted by molar-refractivity contribution is 0.514. The van der Waals surface area contributed by atoms with Gasteiger partial charge in [0, 0.05) is 35.0 Å². The standard InChI is InChI=1S/C10H14F2N2O3S2/c1-18(15)4-2-3-14-19(16,17)10-8(11)5-7(13)6-9(10)12/h5-6,14H,2-4,13H2,1H3. The molecule has 0 heterocycles. The molecule has 108 valence electrons. The molecule has 1 unspecified atom stereocenters. The van der Waals surface area contributed by atoms with E-state index in [-0.39, 0.29) is 12.2 Å². The van der Waals surface area contributed by atoms with Crippen molar-refractivity contribution in [2.75, 3.05) is 24.3 Å². The zero-order valence-electron chi connectivity index (χ0n) is 10.2. The van der Waals surface area contributed by atoms with Crippen LogP contribution in [-0.4, -0.2) is 31.2 Å². The van der Waals surface area contributed by atoms with E-state index in [1.165, 1.54) is 6.26 Å². The van der Waals surface area contributed by atoms with E-state index in [0.717, 1.165) is 12.1 Å². The summed E-state index contributed by atoms with van der Waals surface area (Å²) in [6, 6.07) is 1.47. The number of anilines is 1. The molecule has 1 atom stereocenters. The Morgan fingerprint density at radius 1 is 1.32 bits per heavy atom. The molecule has 1 rings (SSSR count). The van der Waals surface area contributed by atoms with Crippen LogP contribution in [0.2, 0.25) is 0 Å². The number of hydrogen-bond donors (Lipinski definition) is 2. The van der Waals surface area contributed by atoms with Crippen molar-refractivity contribution >= 4 is 26.5 Å². The number of benzene rings is 1. The van der Waals surface area contributed by atoms with E-state index in [1.807, 2.05) is 4.72 Å². The summed E-state index contributed by atoms with van der Waals surface area (Å²) >= 11 is 0. The molecule has 19 heavy (non-hydrogen) atoms. The van der Waals surface area contributed by atoms with Crippen molar-refractivity contribution in [3.05, 3.63) is 23.8 Å². The van der Waals surface area contributed by atoms with Crippen LogP contribution in [0.1, 0.15) is 6.42 Å². The summed E-state index contributed by atoms with van der Waals surface area (Å²) in [4.78, 5) is -1.06. The lowest BCUT2D eigenvalue weighted by atomic mass is 10.3. The lowest BCUT2D eigenvalue weighted by Gasteiger charge is -2.09. The van der Waals surface area contributed by atoms with Gasteiger partial charge in [-0.25, -0.2) is 21.9 Å². The van der Waals surface area contributed by atoms with Crippen LogP contribution in [0.3, 0.4) is 0 Å². The average molecular weight is 312 g/mol. The van der Waals surface area contributed by atoms with Crippen LogP contribution in [0.5, 0.6) is 0 Å². The predicted molar refractivity (Wildman–Crippen MR) is 69.5 cm³/mol. The number of nitrogens with two attached hydrogens (primary N) is 1.